The number of ether oxygens (including phenoxy) is 2. The number of aliphatic carboxylic acids is 1. The lowest BCUT2D eigenvalue weighted by molar-refractivity contribution is -0.298. The van der Waals surface area contributed by atoms with Crippen LogP contribution in [0.5, 0.6) is 0 Å². The van der Waals surface area contributed by atoms with E-state index in [4.69, 9.17) is 9.47 Å². The molecule has 0 bridgehead atoms. The molecule has 6 rings (SSSR count). The van der Waals surface area contributed by atoms with Crippen molar-refractivity contribution in [3.8, 4) is 0 Å². The molecule has 0 aromatic heterocycles. The van der Waals surface area contributed by atoms with Crippen molar-refractivity contribution in [2.45, 2.75) is 136 Å². The molecule has 0 radical (unpaired) electrons. The van der Waals surface area contributed by atoms with Gasteiger partial charge in [0.2, 0.25) is 6.29 Å². The van der Waals surface area contributed by atoms with Crippen LogP contribution in [0.4, 0.5) is 0 Å². The molecule has 1 saturated heterocycles. The first-order valence-electron chi connectivity index (χ1n) is 17.1. The van der Waals surface area contributed by atoms with Gasteiger partial charge in [0.1, 0.15) is 24.4 Å². The quantitative estimate of drug-likeness (QED) is 0.199. The molecule has 5 fully saturated rings. The van der Waals surface area contributed by atoms with Crippen LogP contribution in [0.3, 0.4) is 0 Å². The number of hydrogen-bond acceptors (Lipinski definition) is 9. The minimum Gasteiger partial charge on any atom is -0.481 e. The fraction of sp³-hybridized carbons (Fsp3) is 0.886. The summed E-state index contributed by atoms with van der Waals surface area (Å²) in [5, 5.41) is 63.2. The van der Waals surface area contributed by atoms with Gasteiger partial charge in [0.05, 0.1) is 23.5 Å². The Bertz CT molecular complexity index is 1230. The molecular weight excluding hydrogens is 580 g/mol. The van der Waals surface area contributed by atoms with Crippen molar-refractivity contribution in [1.82, 2.24) is 0 Å². The molecule has 0 aromatic carbocycles. The number of aliphatic hydroxyl groups is 5. The van der Waals surface area contributed by atoms with Gasteiger partial charge in [0.25, 0.3) is 0 Å². The lowest BCUT2D eigenvalue weighted by Crippen LogP contribution is -2.66. The van der Waals surface area contributed by atoms with Crippen LogP contribution in [0.2, 0.25) is 0 Å². The summed E-state index contributed by atoms with van der Waals surface area (Å²) in [4.78, 5) is 28.1. The molecule has 10 nitrogen and oxygen atoms in total. The molecule has 0 unspecified atom stereocenters. The SMILES string of the molecule is CC1(C)CC[C@]2(C(=O)O)CC[C@]3(C(=O)O[C@@H]4O[C@H](CO)[C@@H](O)[C@@H](O)[C@H]4O)C(=CC[C@@H]4[C@H]5CC[C@H](O)C(C)(C)[C@@H]5CC[C@]43C)[C@@H]2C1. The Kier molecular flexibility index (Phi) is 8.14. The molecule has 0 spiro atoms. The van der Waals surface area contributed by atoms with E-state index in [1.165, 1.54) is 0 Å². The molecule has 254 valence electrons. The molecule has 1 aliphatic heterocycles. The molecule has 4 saturated carbocycles. The lowest BCUT2D eigenvalue weighted by atomic mass is 9.36. The zero-order valence-electron chi connectivity index (χ0n) is 27.4. The minimum absolute atomic E-state index is 0.100. The van der Waals surface area contributed by atoms with Gasteiger partial charge in [-0.1, -0.05) is 46.3 Å². The van der Waals surface area contributed by atoms with Crippen molar-refractivity contribution < 1.29 is 49.7 Å². The maximum absolute atomic E-state index is 15.0. The number of allylic oxidation sites excluding steroid dienone is 1. The molecule has 6 N–H and O–H groups in total. The average molecular weight is 635 g/mol. The van der Waals surface area contributed by atoms with Gasteiger partial charge in [-0.25, -0.2) is 0 Å². The topological polar surface area (TPSA) is 174 Å². The second-order valence-electron chi connectivity index (χ2n) is 17.0. The first kappa shape index (κ1) is 33.3. The van der Waals surface area contributed by atoms with E-state index in [1.807, 2.05) is 0 Å². The highest BCUT2D eigenvalue weighted by atomic mass is 16.7. The Labute approximate surface area is 266 Å². The number of esters is 1. The first-order chi connectivity index (χ1) is 21.0. The third-order valence-corrected chi connectivity index (χ3v) is 14.3. The van der Waals surface area contributed by atoms with Crippen molar-refractivity contribution >= 4 is 11.9 Å². The van der Waals surface area contributed by atoms with Crippen LogP contribution in [0.25, 0.3) is 0 Å². The van der Waals surface area contributed by atoms with E-state index >= 15 is 4.79 Å². The van der Waals surface area contributed by atoms with Gasteiger partial charge in [-0.05, 0) is 104 Å². The zero-order valence-corrected chi connectivity index (χ0v) is 27.4. The van der Waals surface area contributed by atoms with E-state index < -0.39 is 71.6 Å². The summed E-state index contributed by atoms with van der Waals surface area (Å²) in [6, 6.07) is 0. The van der Waals surface area contributed by atoms with Crippen LogP contribution < -0.4 is 0 Å². The minimum atomic E-state index is -1.73. The number of carboxylic acids is 1. The van der Waals surface area contributed by atoms with Crippen molar-refractivity contribution in [3.63, 3.8) is 0 Å². The van der Waals surface area contributed by atoms with Crippen molar-refractivity contribution in [2.75, 3.05) is 6.61 Å². The van der Waals surface area contributed by atoms with Crippen molar-refractivity contribution in [3.05, 3.63) is 11.6 Å². The number of hydrogen-bond donors (Lipinski definition) is 6. The van der Waals surface area contributed by atoms with Crippen LogP contribution in [0.15, 0.2) is 11.6 Å². The summed E-state index contributed by atoms with van der Waals surface area (Å²) in [6.07, 6.45) is 0.291. The molecule has 1 heterocycles. The highest BCUT2D eigenvalue weighted by Crippen LogP contribution is 2.73. The van der Waals surface area contributed by atoms with Gasteiger partial charge in [-0.2, -0.15) is 0 Å². The third-order valence-electron chi connectivity index (χ3n) is 14.3. The summed E-state index contributed by atoms with van der Waals surface area (Å²) in [6.45, 7) is 10.2. The van der Waals surface area contributed by atoms with Crippen LogP contribution in [0.1, 0.15) is 98.8 Å². The Morgan fingerprint density at radius 2 is 1.58 bits per heavy atom. The molecular formula is C35H54O10. The van der Waals surface area contributed by atoms with Crippen LogP contribution in [-0.2, 0) is 19.1 Å². The predicted molar refractivity (Wildman–Crippen MR) is 162 cm³/mol. The molecule has 6 aliphatic rings. The van der Waals surface area contributed by atoms with Crippen LogP contribution in [0, 0.1) is 50.7 Å². The van der Waals surface area contributed by atoms with E-state index in [1.54, 1.807) is 0 Å². The molecule has 10 heteroatoms. The van der Waals surface area contributed by atoms with Gasteiger partial charge >= 0.3 is 11.9 Å². The van der Waals surface area contributed by atoms with E-state index in [9.17, 15) is 35.4 Å². The summed E-state index contributed by atoms with van der Waals surface area (Å²) >= 11 is 0. The second-order valence-corrected chi connectivity index (χ2v) is 17.0. The fourth-order valence-electron chi connectivity index (χ4n) is 11.4. The molecule has 0 amide bonds. The second kappa shape index (κ2) is 11.0. The van der Waals surface area contributed by atoms with Gasteiger partial charge < -0.3 is 40.1 Å². The Morgan fingerprint density at radius 3 is 2.24 bits per heavy atom. The Hall–Kier alpha value is -1.56. The van der Waals surface area contributed by atoms with Crippen LogP contribution >= 0.6 is 0 Å². The Morgan fingerprint density at radius 1 is 0.889 bits per heavy atom. The number of rotatable bonds is 4. The highest BCUT2D eigenvalue weighted by molar-refractivity contribution is 5.85. The van der Waals surface area contributed by atoms with E-state index in [-0.39, 0.29) is 40.9 Å². The van der Waals surface area contributed by atoms with Gasteiger partial charge in [0.15, 0.2) is 0 Å². The molecule has 5 aliphatic carbocycles. The predicted octanol–water partition coefficient (Wildman–Crippen LogP) is 3.17. The number of carbonyl (C=O) groups excluding carboxylic acids is 1. The van der Waals surface area contributed by atoms with Gasteiger partial charge in [-0.3, -0.25) is 9.59 Å². The highest BCUT2D eigenvalue weighted by Gasteiger charge is 2.72. The largest absolute Gasteiger partial charge is 0.481 e. The van der Waals surface area contributed by atoms with E-state index in [0.717, 1.165) is 31.3 Å². The standard InChI is InChI=1S/C35H54O10/c1-31(2)12-13-34(29(41)42)14-15-35(30(43)45-28-27(40)26(39)25(38)23(17-36)44-28)21(22(34)16-31)8-7-20-18-6-9-24(37)32(3,4)19(18)10-11-33(20,35)5/h8,18-20,22-28,36-40H,6-7,9-17H2,1-5H3,(H,41,42)/t18-,19+,20+,22-,23+,24-,25+,26+,27+,28-,33+,34-,35+/m0/s1. The average Bonchev–Trinajstić information content (AvgIpc) is 2.98. The first-order valence-corrected chi connectivity index (χ1v) is 17.1. The fourth-order valence-corrected chi connectivity index (χ4v) is 11.4. The van der Waals surface area contributed by atoms with Gasteiger partial charge in [-0.15, -0.1) is 0 Å². The summed E-state index contributed by atoms with van der Waals surface area (Å²) in [7, 11) is 0. The maximum atomic E-state index is 15.0. The van der Waals surface area contributed by atoms with Crippen molar-refractivity contribution in [1.29, 1.82) is 0 Å². The number of fused-ring (bicyclic) bond motifs is 7. The summed E-state index contributed by atoms with van der Waals surface area (Å²) in [5.74, 6) is -1.13. The summed E-state index contributed by atoms with van der Waals surface area (Å²) < 4.78 is 11.7. The monoisotopic (exact) mass is 634 g/mol. The van der Waals surface area contributed by atoms with E-state index in [0.29, 0.717) is 32.1 Å². The van der Waals surface area contributed by atoms with Crippen LogP contribution in [-0.4, -0.2) is 86.0 Å². The van der Waals surface area contributed by atoms with Gasteiger partial charge in [0, 0.05) is 0 Å². The number of aliphatic hydroxyl groups excluding tert-OH is 5. The molecule has 0 aromatic rings. The molecule has 45 heavy (non-hydrogen) atoms. The zero-order chi connectivity index (χ0) is 32.9. The smallest absolute Gasteiger partial charge is 0.319 e. The third kappa shape index (κ3) is 4.63. The Balaban J connectivity index is 1.46. The normalized spacial score (nSPS) is 50.1. The lowest BCUT2D eigenvalue weighted by Gasteiger charge is -2.67. The summed E-state index contributed by atoms with van der Waals surface area (Å²) in [5.41, 5.74) is -2.30. The molecule has 13 atom stereocenters. The number of carbonyl (C=O) groups is 2. The number of carboxylic acid groups (broad SMARTS) is 1. The van der Waals surface area contributed by atoms with Crippen molar-refractivity contribution in [2.24, 2.45) is 50.7 Å². The van der Waals surface area contributed by atoms with E-state index in [2.05, 4.69) is 40.7 Å². The maximum Gasteiger partial charge on any atom is 0.319 e.